The van der Waals surface area contributed by atoms with Gasteiger partial charge in [0, 0.05) is 16.6 Å². The summed E-state index contributed by atoms with van der Waals surface area (Å²) in [4.78, 5) is 17.0. The Kier molecular flexibility index (Phi) is 4.81. The van der Waals surface area contributed by atoms with Crippen LogP contribution in [0.5, 0.6) is 0 Å². The van der Waals surface area contributed by atoms with Gasteiger partial charge in [-0.2, -0.15) is 0 Å². The zero-order chi connectivity index (χ0) is 17.1. The van der Waals surface area contributed by atoms with Crippen molar-refractivity contribution < 1.29 is 4.79 Å². The minimum atomic E-state index is -0.120. The second kappa shape index (κ2) is 7.01. The summed E-state index contributed by atoms with van der Waals surface area (Å²) >= 11 is 3.38. The van der Waals surface area contributed by atoms with E-state index in [-0.39, 0.29) is 5.91 Å². The predicted octanol–water partition coefficient (Wildman–Crippen LogP) is 4.30. The monoisotopic (exact) mass is 383 g/mol. The zero-order valence-corrected chi connectivity index (χ0v) is 15.0. The molecular formula is C19H18BrN3O. The molecule has 1 heterocycles. The summed E-state index contributed by atoms with van der Waals surface area (Å²) in [6.07, 6.45) is 0. The molecule has 0 fully saturated rings. The van der Waals surface area contributed by atoms with Gasteiger partial charge in [0.15, 0.2) is 0 Å². The van der Waals surface area contributed by atoms with Gasteiger partial charge in [-0.1, -0.05) is 46.3 Å². The third kappa shape index (κ3) is 3.57. The van der Waals surface area contributed by atoms with Gasteiger partial charge in [-0.15, -0.1) is 0 Å². The maximum Gasteiger partial charge on any atom is 0.251 e. The lowest BCUT2D eigenvalue weighted by Gasteiger charge is -2.10. The molecule has 2 aromatic carbocycles. The van der Waals surface area contributed by atoms with Gasteiger partial charge in [-0.05, 0) is 37.3 Å². The number of amides is 1. The highest BCUT2D eigenvalue weighted by Gasteiger charge is 2.12. The zero-order valence-electron chi connectivity index (χ0n) is 13.4. The van der Waals surface area contributed by atoms with Crippen molar-refractivity contribution in [3.8, 4) is 0 Å². The minimum absolute atomic E-state index is 0.120. The summed E-state index contributed by atoms with van der Waals surface area (Å²) in [6, 6.07) is 15.3. The number of fused-ring (bicyclic) bond motifs is 1. The fraction of sp³-hybridized carbons (Fsp3) is 0.158. The topological polar surface area (TPSA) is 46.9 Å². The van der Waals surface area contributed by atoms with Gasteiger partial charge in [-0.25, -0.2) is 4.98 Å². The Morgan fingerprint density at radius 1 is 1.25 bits per heavy atom. The van der Waals surface area contributed by atoms with Crippen molar-refractivity contribution in [2.75, 3.05) is 0 Å². The van der Waals surface area contributed by atoms with Crippen LogP contribution in [0.15, 0.2) is 65.2 Å². The molecule has 5 heteroatoms. The first-order valence-electron chi connectivity index (χ1n) is 7.67. The molecule has 0 spiro atoms. The fourth-order valence-electron chi connectivity index (χ4n) is 2.60. The van der Waals surface area contributed by atoms with Crippen LogP contribution >= 0.6 is 15.9 Å². The first kappa shape index (κ1) is 16.5. The molecule has 0 radical (unpaired) electrons. The van der Waals surface area contributed by atoms with Crippen molar-refractivity contribution in [2.45, 2.75) is 20.0 Å². The van der Waals surface area contributed by atoms with Crippen molar-refractivity contribution in [3.05, 3.63) is 76.5 Å². The molecule has 0 saturated carbocycles. The Morgan fingerprint density at radius 3 is 2.79 bits per heavy atom. The average molecular weight is 384 g/mol. The van der Waals surface area contributed by atoms with Crippen molar-refractivity contribution in [1.29, 1.82) is 0 Å². The molecule has 0 unspecified atom stereocenters. The standard InChI is InChI=1S/C19H18BrN3O/c1-13(2)12-23-17-9-4-3-8-16(17)22-18(23)11-21-19(24)14-6-5-7-15(20)10-14/h3-10H,1,11-12H2,2H3,(H,21,24). The number of imidazole rings is 1. The lowest BCUT2D eigenvalue weighted by atomic mass is 10.2. The van der Waals surface area contributed by atoms with E-state index in [4.69, 9.17) is 0 Å². The lowest BCUT2D eigenvalue weighted by molar-refractivity contribution is 0.0949. The highest BCUT2D eigenvalue weighted by molar-refractivity contribution is 9.10. The second-order valence-electron chi connectivity index (χ2n) is 5.75. The smallest absolute Gasteiger partial charge is 0.251 e. The average Bonchev–Trinajstić information content (AvgIpc) is 2.90. The Hall–Kier alpha value is -2.40. The summed E-state index contributed by atoms with van der Waals surface area (Å²) in [5.41, 5.74) is 3.63. The van der Waals surface area contributed by atoms with Crippen molar-refractivity contribution in [1.82, 2.24) is 14.9 Å². The normalized spacial score (nSPS) is 10.8. The third-order valence-electron chi connectivity index (χ3n) is 3.66. The van der Waals surface area contributed by atoms with E-state index in [1.165, 1.54) is 0 Å². The van der Waals surface area contributed by atoms with Gasteiger partial charge in [-0.3, -0.25) is 4.79 Å². The second-order valence-corrected chi connectivity index (χ2v) is 6.67. The molecule has 0 saturated heterocycles. The number of para-hydroxylation sites is 2. The molecule has 1 amide bonds. The number of aromatic nitrogens is 2. The Labute approximate surface area is 149 Å². The van der Waals surface area contributed by atoms with Gasteiger partial charge >= 0.3 is 0 Å². The Morgan fingerprint density at radius 2 is 2.04 bits per heavy atom. The Balaban J connectivity index is 1.84. The van der Waals surface area contributed by atoms with Crippen LogP contribution in [0.3, 0.4) is 0 Å². The summed E-state index contributed by atoms with van der Waals surface area (Å²) in [5.74, 6) is 0.702. The summed E-state index contributed by atoms with van der Waals surface area (Å²) in [7, 11) is 0. The number of carbonyl (C=O) groups excluding carboxylic acids is 1. The van der Waals surface area contributed by atoms with E-state index < -0.39 is 0 Å². The molecule has 0 aliphatic carbocycles. The molecule has 0 bridgehead atoms. The largest absolute Gasteiger partial charge is 0.345 e. The number of nitrogens with one attached hydrogen (secondary N) is 1. The highest BCUT2D eigenvalue weighted by atomic mass is 79.9. The highest BCUT2D eigenvalue weighted by Crippen LogP contribution is 2.18. The van der Waals surface area contributed by atoms with Crippen LogP contribution in [0.4, 0.5) is 0 Å². The molecular weight excluding hydrogens is 366 g/mol. The number of allylic oxidation sites excluding steroid dienone is 1. The first-order valence-corrected chi connectivity index (χ1v) is 8.46. The van der Waals surface area contributed by atoms with E-state index in [0.717, 1.165) is 26.9 Å². The van der Waals surface area contributed by atoms with Crippen LogP contribution in [0.25, 0.3) is 11.0 Å². The third-order valence-corrected chi connectivity index (χ3v) is 4.15. The molecule has 24 heavy (non-hydrogen) atoms. The van der Waals surface area contributed by atoms with Crippen LogP contribution < -0.4 is 5.32 Å². The minimum Gasteiger partial charge on any atom is -0.345 e. The van der Waals surface area contributed by atoms with E-state index in [2.05, 4.69) is 37.4 Å². The van der Waals surface area contributed by atoms with E-state index >= 15 is 0 Å². The SMILES string of the molecule is C=C(C)Cn1c(CNC(=O)c2cccc(Br)c2)nc2ccccc21. The van der Waals surface area contributed by atoms with Crippen LogP contribution in [0.2, 0.25) is 0 Å². The van der Waals surface area contributed by atoms with Crippen LogP contribution in [-0.2, 0) is 13.1 Å². The number of halogens is 1. The van der Waals surface area contributed by atoms with Crippen molar-refractivity contribution >= 4 is 32.9 Å². The van der Waals surface area contributed by atoms with Crippen molar-refractivity contribution in [2.24, 2.45) is 0 Å². The molecule has 4 nitrogen and oxygen atoms in total. The molecule has 1 N–H and O–H groups in total. The van der Waals surface area contributed by atoms with E-state index in [1.54, 1.807) is 12.1 Å². The number of hydrogen-bond donors (Lipinski definition) is 1. The molecule has 0 atom stereocenters. The molecule has 122 valence electrons. The van der Waals surface area contributed by atoms with Crippen LogP contribution in [0, 0.1) is 0 Å². The summed E-state index contributed by atoms with van der Waals surface area (Å²) in [6.45, 7) is 7.03. The number of hydrogen-bond acceptors (Lipinski definition) is 2. The van der Waals surface area contributed by atoms with Gasteiger partial charge in [0.05, 0.1) is 17.6 Å². The van der Waals surface area contributed by atoms with E-state index in [0.29, 0.717) is 18.7 Å². The molecule has 3 rings (SSSR count). The van der Waals surface area contributed by atoms with Gasteiger partial charge in [0.25, 0.3) is 5.91 Å². The van der Waals surface area contributed by atoms with Crippen molar-refractivity contribution in [3.63, 3.8) is 0 Å². The van der Waals surface area contributed by atoms with E-state index in [1.807, 2.05) is 43.3 Å². The first-order chi connectivity index (χ1) is 11.5. The summed E-state index contributed by atoms with van der Waals surface area (Å²) < 4.78 is 2.98. The number of rotatable bonds is 5. The molecule has 1 aromatic heterocycles. The van der Waals surface area contributed by atoms with E-state index in [9.17, 15) is 4.79 Å². The molecule has 0 aliphatic rings. The fourth-order valence-corrected chi connectivity index (χ4v) is 3.00. The number of nitrogens with zero attached hydrogens (tertiary/aromatic N) is 2. The Bertz CT molecular complexity index is 914. The lowest BCUT2D eigenvalue weighted by Crippen LogP contribution is -2.24. The van der Waals surface area contributed by atoms with Crippen LogP contribution in [-0.4, -0.2) is 15.5 Å². The molecule has 3 aromatic rings. The predicted molar refractivity (Wildman–Crippen MR) is 99.9 cm³/mol. The van der Waals surface area contributed by atoms with Crippen LogP contribution in [0.1, 0.15) is 23.1 Å². The number of benzene rings is 2. The molecule has 0 aliphatic heterocycles. The quantitative estimate of drug-likeness (QED) is 0.667. The number of carbonyl (C=O) groups is 1. The summed E-state index contributed by atoms with van der Waals surface area (Å²) in [5, 5.41) is 2.94. The maximum absolute atomic E-state index is 12.3. The van der Waals surface area contributed by atoms with Gasteiger partial charge < -0.3 is 9.88 Å². The maximum atomic E-state index is 12.3. The van der Waals surface area contributed by atoms with Gasteiger partial charge in [0.2, 0.25) is 0 Å². The van der Waals surface area contributed by atoms with Gasteiger partial charge in [0.1, 0.15) is 5.82 Å².